The highest BCUT2D eigenvalue weighted by Crippen LogP contribution is 2.28. The predicted octanol–water partition coefficient (Wildman–Crippen LogP) is 3.61. The summed E-state index contributed by atoms with van der Waals surface area (Å²) in [7, 11) is 0. The van der Waals surface area contributed by atoms with E-state index in [1.54, 1.807) is 13.0 Å². The monoisotopic (exact) mass is 475 g/mol. The van der Waals surface area contributed by atoms with Crippen LogP contribution in [0.3, 0.4) is 0 Å². The van der Waals surface area contributed by atoms with Gasteiger partial charge in [0.15, 0.2) is 5.69 Å². The molecular weight excluding hydrogens is 465 g/mol. The average molecular weight is 477 g/mol. The number of aromatic nitrogens is 2. The first kappa shape index (κ1) is 19.3. The largest absolute Gasteiger partial charge is 0.481 e. The minimum absolute atomic E-state index is 0.0228. The first-order valence-electron chi connectivity index (χ1n) is 6.97. The SMILES string of the molecule is Cc1ccc(NC(=O)c2nn(C(=O)CCC(=O)O)c(Br)c2Br)c(F)c1. The fourth-order valence-corrected chi connectivity index (χ4v) is 2.80. The molecule has 25 heavy (non-hydrogen) atoms. The van der Waals surface area contributed by atoms with Crippen LogP contribution in [0.1, 0.15) is 33.7 Å². The van der Waals surface area contributed by atoms with Crippen LogP contribution in [0.25, 0.3) is 0 Å². The van der Waals surface area contributed by atoms with E-state index in [0.29, 0.717) is 5.56 Å². The zero-order valence-electron chi connectivity index (χ0n) is 12.8. The van der Waals surface area contributed by atoms with Gasteiger partial charge in [0.1, 0.15) is 10.4 Å². The summed E-state index contributed by atoms with van der Waals surface area (Å²) in [5.41, 5.74) is 0.536. The van der Waals surface area contributed by atoms with Gasteiger partial charge in [-0.25, -0.2) is 4.39 Å². The molecule has 0 fully saturated rings. The van der Waals surface area contributed by atoms with Crippen molar-refractivity contribution in [1.82, 2.24) is 9.78 Å². The summed E-state index contributed by atoms with van der Waals surface area (Å²) in [6, 6.07) is 4.33. The number of amides is 1. The summed E-state index contributed by atoms with van der Waals surface area (Å²) in [6.07, 6.45) is -0.644. The molecule has 0 aliphatic rings. The molecule has 0 aliphatic carbocycles. The Morgan fingerprint density at radius 1 is 1.28 bits per heavy atom. The molecule has 0 radical (unpaired) electrons. The zero-order valence-corrected chi connectivity index (χ0v) is 16.0. The highest BCUT2D eigenvalue weighted by Gasteiger charge is 2.24. The number of carboxylic acid groups (broad SMARTS) is 1. The Morgan fingerprint density at radius 2 is 1.96 bits per heavy atom. The van der Waals surface area contributed by atoms with Gasteiger partial charge >= 0.3 is 5.97 Å². The number of carboxylic acids is 1. The number of aliphatic carboxylic acids is 1. The van der Waals surface area contributed by atoms with Gasteiger partial charge in [0.2, 0.25) is 5.91 Å². The number of nitrogens with one attached hydrogen (secondary N) is 1. The number of halogens is 3. The molecule has 0 bridgehead atoms. The maximum Gasteiger partial charge on any atom is 0.303 e. The fraction of sp³-hybridized carbons (Fsp3) is 0.200. The van der Waals surface area contributed by atoms with Gasteiger partial charge in [-0.15, -0.1) is 0 Å². The van der Waals surface area contributed by atoms with Crippen LogP contribution in [-0.2, 0) is 4.79 Å². The molecule has 2 N–H and O–H groups in total. The first-order valence-corrected chi connectivity index (χ1v) is 8.55. The van der Waals surface area contributed by atoms with Crippen molar-refractivity contribution in [3.05, 3.63) is 44.3 Å². The van der Waals surface area contributed by atoms with Gasteiger partial charge in [-0.3, -0.25) is 14.4 Å². The van der Waals surface area contributed by atoms with Gasteiger partial charge in [-0.2, -0.15) is 9.78 Å². The van der Waals surface area contributed by atoms with E-state index in [2.05, 4.69) is 42.3 Å². The van der Waals surface area contributed by atoms with Crippen molar-refractivity contribution in [3.8, 4) is 0 Å². The van der Waals surface area contributed by atoms with Crippen LogP contribution >= 0.6 is 31.9 Å². The number of carbonyl (C=O) groups excluding carboxylic acids is 2. The first-order chi connectivity index (χ1) is 11.7. The minimum atomic E-state index is -1.12. The molecule has 132 valence electrons. The maximum absolute atomic E-state index is 13.8. The molecule has 0 unspecified atom stereocenters. The molecule has 1 heterocycles. The van der Waals surface area contributed by atoms with E-state index in [9.17, 15) is 18.8 Å². The molecule has 0 atom stereocenters. The van der Waals surface area contributed by atoms with Gasteiger partial charge in [0.05, 0.1) is 16.6 Å². The van der Waals surface area contributed by atoms with Crippen LogP contribution in [0.2, 0.25) is 0 Å². The predicted molar refractivity (Wildman–Crippen MR) is 94.2 cm³/mol. The van der Waals surface area contributed by atoms with Crippen LogP contribution in [0, 0.1) is 12.7 Å². The van der Waals surface area contributed by atoms with Crippen molar-refractivity contribution in [3.63, 3.8) is 0 Å². The highest BCUT2D eigenvalue weighted by atomic mass is 79.9. The molecular formula is C15H12Br2FN3O4. The molecule has 1 aromatic carbocycles. The third-order valence-corrected chi connectivity index (χ3v) is 5.17. The third-order valence-electron chi connectivity index (χ3n) is 3.15. The molecule has 2 rings (SSSR count). The molecule has 7 nitrogen and oxygen atoms in total. The van der Waals surface area contributed by atoms with Crippen molar-refractivity contribution in [2.24, 2.45) is 0 Å². The number of hydrogen-bond donors (Lipinski definition) is 2. The Balaban J connectivity index is 2.24. The normalized spacial score (nSPS) is 10.6. The standard InChI is InChI=1S/C15H12Br2FN3O4/c1-7-2-3-9(8(18)6-7)19-15(25)13-12(16)14(17)21(20-13)10(22)4-5-11(23)24/h2-3,6H,4-5H2,1H3,(H,19,25)(H,23,24). The lowest BCUT2D eigenvalue weighted by molar-refractivity contribution is -0.137. The smallest absolute Gasteiger partial charge is 0.303 e. The highest BCUT2D eigenvalue weighted by molar-refractivity contribution is 9.13. The van der Waals surface area contributed by atoms with Gasteiger partial charge < -0.3 is 10.4 Å². The molecule has 0 aliphatic heterocycles. The Hall–Kier alpha value is -2.07. The topological polar surface area (TPSA) is 101 Å². The molecule has 1 amide bonds. The van der Waals surface area contributed by atoms with E-state index in [1.165, 1.54) is 12.1 Å². The maximum atomic E-state index is 13.8. The number of anilines is 1. The summed E-state index contributed by atoms with van der Waals surface area (Å²) in [5, 5.41) is 14.9. The molecule has 0 saturated carbocycles. The number of benzene rings is 1. The Kier molecular flexibility index (Phi) is 6.07. The third kappa shape index (κ3) is 4.51. The summed E-state index contributed by atoms with van der Waals surface area (Å²) < 4.78 is 15.1. The van der Waals surface area contributed by atoms with Gasteiger partial charge in [-0.05, 0) is 56.5 Å². The molecule has 2 aromatic rings. The quantitative estimate of drug-likeness (QED) is 0.686. The second kappa shape index (κ2) is 7.87. The van der Waals surface area contributed by atoms with Crippen LogP contribution < -0.4 is 5.32 Å². The van der Waals surface area contributed by atoms with E-state index in [4.69, 9.17) is 5.11 Å². The Morgan fingerprint density at radius 3 is 2.56 bits per heavy atom. The lowest BCUT2D eigenvalue weighted by atomic mass is 10.2. The van der Waals surface area contributed by atoms with E-state index >= 15 is 0 Å². The number of hydrogen-bond acceptors (Lipinski definition) is 4. The lowest BCUT2D eigenvalue weighted by Gasteiger charge is -2.05. The summed E-state index contributed by atoms with van der Waals surface area (Å²) >= 11 is 6.26. The fourth-order valence-electron chi connectivity index (χ4n) is 1.91. The number of aryl methyl sites for hydroxylation is 1. The van der Waals surface area contributed by atoms with Gasteiger partial charge in [0.25, 0.3) is 5.91 Å². The van der Waals surface area contributed by atoms with Crippen molar-refractivity contribution < 1.29 is 23.9 Å². The molecule has 0 saturated heterocycles. The van der Waals surface area contributed by atoms with Crippen molar-refractivity contribution >= 4 is 55.3 Å². The van der Waals surface area contributed by atoms with Crippen LogP contribution in [-0.4, -0.2) is 32.7 Å². The van der Waals surface area contributed by atoms with Crippen molar-refractivity contribution in [2.75, 3.05) is 5.32 Å². The number of carbonyl (C=O) groups is 3. The summed E-state index contributed by atoms with van der Waals surface area (Å²) in [6.45, 7) is 1.72. The van der Waals surface area contributed by atoms with Gasteiger partial charge in [-0.1, -0.05) is 6.07 Å². The second-order valence-electron chi connectivity index (χ2n) is 5.09. The average Bonchev–Trinajstić information content (AvgIpc) is 2.84. The molecule has 0 spiro atoms. The second-order valence-corrected chi connectivity index (χ2v) is 6.63. The van der Waals surface area contributed by atoms with Crippen LogP contribution in [0.5, 0.6) is 0 Å². The number of rotatable bonds is 5. The molecule has 1 aromatic heterocycles. The van der Waals surface area contributed by atoms with Gasteiger partial charge in [0, 0.05) is 6.42 Å². The van der Waals surface area contributed by atoms with Crippen molar-refractivity contribution in [1.29, 1.82) is 0 Å². The summed E-state index contributed by atoms with van der Waals surface area (Å²) in [4.78, 5) is 34.9. The van der Waals surface area contributed by atoms with E-state index < -0.39 is 23.6 Å². The molecule has 10 heteroatoms. The summed E-state index contributed by atoms with van der Waals surface area (Å²) in [5.74, 6) is -3.04. The van der Waals surface area contributed by atoms with Crippen LogP contribution in [0.4, 0.5) is 10.1 Å². The lowest BCUT2D eigenvalue weighted by Crippen LogP contribution is -2.17. The van der Waals surface area contributed by atoms with Crippen molar-refractivity contribution in [2.45, 2.75) is 19.8 Å². The Labute approximate surface area is 158 Å². The number of nitrogens with zero attached hydrogens (tertiary/aromatic N) is 2. The van der Waals surface area contributed by atoms with E-state index in [1.807, 2.05) is 0 Å². The minimum Gasteiger partial charge on any atom is -0.481 e. The zero-order chi connectivity index (χ0) is 18.7. The van der Waals surface area contributed by atoms with E-state index in [0.717, 1.165) is 4.68 Å². The van der Waals surface area contributed by atoms with E-state index in [-0.39, 0.29) is 33.3 Å². The Bertz CT molecular complexity index is 867. The van der Waals surface area contributed by atoms with Crippen LogP contribution in [0.15, 0.2) is 27.3 Å².